The molecule has 138 valence electrons. The van der Waals surface area contributed by atoms with E-state index in [1.54, 1.807) is 16.7 Å². The Kier molecular flexibility index (Phi) is 6.12. The molecule has 0 saturated carbocycles. The van der Waals surface area contributed by atoms with Crippen LogP contribution in [0.5, 0.6) is 0 Å². The normalized spacial score (nSPS) is 15.0. The molecule has 1 heterocycles. The lowest BCUT2D eigenvalue weighted by molar-refractivity contribution is 0.0570. The Balaban J connectivity index is 2.02. The van der Waals surface area contributed by atoms with Crippen molar-refractivity contribution < 1.29 is 22.7 Å². The highest BCUT2D eigenvalue weighted by atomic mass is 35.5. The van der Waals surface area contributed by atoms with Crippen molar-refractivity contribution >= 4 is 39.3 Å². The fourth-order valence-corrected chi connectivity index (χ4v) is 3.28. The van der Waals surface area contributed by atoms with E-state index in [2.05, 4.69) is 4.72 Å². The summed E-state index contributed by atoms with van der Waals surface area (Å²) < 4.78 is 29.8. The molecule has 0 radical (unpaired) electrons. The van der Waals surface area contributed by atoms with E-state index in [1.807, 2.05) is 0 Å². The molecule has 0 bridgehead atoms. The average Bonchev–Trinajstić information content (AvgIpc) is 2.55. The summed E-state index contributed by atoms with van der Waals surface area (Å²) in [4.78, 5) is 27.4. The number of halogens is 1. The first kappa shape index (κ1) is 19.3. The fourth-order valence-electron chi connectivity index (χ4n) is 2.42. The van der Waals surface area contributed by atoms with E-state index in [4.69, 9.17) is 16.3 Å². The molecule has 1 aliphatic heterocycles. The maximum absolute atomic E-state index is 12.5. The zero-order chi connectivity index (χ0) is 18.6. The van der Waals surface area contributed by atoms with Crippen molar-refractivity contribution in [2.75, 3.05) is 43.8 Å². The average molecular weight is 390 g/mol. The highest BCUT2D eigenvalue weighted by Gasteiger charge is 2.25. The standard InChI is InChI=1S/C15H20ClN3O5S/c1-3-24-15(21)19-8-6-18(7-9-19)14(20)11-4-5-13(12(16)10-11)17-25(2,22)23/h4-5,10,17H,3,6-9H2,1-2H3. The number of amides is 2. The molecule has 0 aliphatic carbocycles. The molecule has 0 spiro atoms. The van der Waals surface area contributed by atoms with Crippen molar-refractivity contribution in [3.63, 3.8) is 0 Å². The second-order valence-electron chi connectivity index (χ2n) is 5.55. The van der Waals surface area contributed by atoms with E-state index in [9.17, 15) is 18.0 Å². The van der Waals surface area contributed by atoms with Crippen molar-refractivity contribution in [1.29, 1.82) is 0 Å². The van der Waals surface area contributed by atoms with Gasteiger partial charge in [-0.25, -0.2) is 13.2 Å². The first-order valence-corrected chi connectivity index (χ1v) is 9.96. The lowest BCUT2D eigenvalue weighted by Gasteiger charge is -2.34. The number of hydrogen-bond acceptors (Lipinski definition) is 5. The van der Waals surface area contributed by atoms with Gasteiger partial charge in [-0.2, -0.15) is 0 Å². The molecule has 10 heteroatoms. The molecule has 1 aliphatic rings. The summed E-state index contributed by atoms with van der Waals surface area (Å²) in [6.07, 6.45) is 0.639. The number of ether oxygens (including phenoxy) is 1. The predicted molar refractivity (Wildman–Crippen MR) is 94.4 cm³/mol. The molecular formula is C15H20ClN3O5S. The van der Waals surface area contributed by atoms with Gasteiger partial charge < -0.3 is 14.5 Å². The molecular weight excluding hydrogens is 370 g/mol. The molecule has 0 aromatic heterocycles. The summed E-state index contributed by atoms with van der Waals surface area (Å²) in [6, 6.07) is 4.39. The summed E-state index contributed by atoms with van der Waals surface area (Å²) >= 11 is 6.05. The first-order chi connectivity index (χ1) is 11.7. The van der Waals surface area contributed by atoms with E-state index < -0.39 is 10.0 Å². The molecule has 2 amide bonds. The Morgan fingerprint density at radius 3 is 2.32 bits per heavy atom. The quantitative estimate of drug-likeness (QED) is 0.844. The molecule has 2 rings (SSSR count). The number of benzene rings is 1. The zero-order valence-corrected chi connectivity index (χ0v) is 15.6. The highest BCUT2D eigenvalue weighted by molar-refractivity contribution is 7.92. The van der Waals surface area contributed by atoms with Gasteiger partial charge in [-0.1, -0.05) is 11.6 Å². The van der Waals surface area contributed by atoms with Crippen LogP contribution in [0.3, 0.4) is 0 Å². The highest BCUT2D eigenvalue weighted by Crippen LogP contribution is 2.24. The molecule has 1 aromatic carbocycles. The summed E-state index contributed by atoms with van der Waals surface area (Å²) in [5.74, 6) is -0.226. The van der Waals surface area contributed by atoms with Crippen molar-refractivity contribution in [1.82, 2.24) is 9.80 Å². The Bertz CT molecular complexity index is 760. The van der Waals surface area contributed by atoms with Crippen LogP contribution in [0.2, 0.25) is 5.02 Å². The van der Waals surface area contributed by atoms with E-state index in [-0.39, 0.29) is 22.7 Å². The van der Waals surface area contributed by atoms with Gasteiger partial charge >= 0.3 is 6.09 Å². The van der Waals surface area contributed by atoms with E-state index in [0.29, 0.717) is 38.3 Å². The zero-order valence-electron chi connectivity index (χ0n) is 14.0. The summed E-state index contributed by atoms with van der Waals surface area (Å²) in [6.45, 7) is 3.61. The third-order valence-corrected chi connectivity index (χ3v) is 4.51. The molecule has 0 unspecified atom stereocenters. The van der Waals surface area contributed by atoms with Gasteiger partial charge in [0.25, 0.3) is 5.91 Å². The number of piperazine rings is 1. The number of nitrogens with one attached hydrogen (secondary N) is 1. The van der Waals surface area contributed by atoms with Crippen molar-refractivity contribution in [2.24, 2.45) is 0 Å². The van der Waals surface area contributed by atoms with Gasteiger partial charge in [-0.05, 0) is 25.1 Å². The van der Waals surface area contributed by atoms with Crippen LogP contribution >= 0.6 is 11.6 Å². The lowest BCUT2D eigenvalue weighted by Crippen LogP contribution is -2.50. The summed E-state index contributed by atoms with van der Waals surface area (Å²) in [7, 11) is -3.45. The number of anilines is 1. The first-order valence-electron chi connectivity index (χ1n) is 7.69. The number of hydrogen-bond donors (Lipinski definition) is 1. The maximum Gasteiger partial charge on any atom is 0.409 e. The largest absolute Gasteiger partial charge is 0.450 e. The van der Waals surface area contributed by atoms with Gasteiger partial charge in [-0.15, -0.1) is 0 Å². The smallest absolute Gasteiger partial charge is 0.409 e. The van der Waals surface area contributed by atoms with Gasteiger partial charge in [0.1, 0.15) is 0 Å². The lowest BCUT2D eigenvalue weighted by atomic mass is 10.1. The van der Waals surface area contributed by atoms with Crippen LogP contribution < -0.4 is 4.72 Å². The second kappa shape index (κ2) is 7.92. The van der Waals surface area contributed by atoms with Gasteiger partial charge in [-0.3, -0.25) is 9.52 Å². The fraction of sp³-hybridized carbons (Fsp3) is 0.467. The Morgan fingerprint density at radius 1 is 1.20 bits per heavy atom. The number of rotatable bonds is 4. The Labute approximate surface area is 151 Å². The van der Waals surface area contributed by atoms with Crippen LogP contribution in [0, 0.1) is 0 Å². The third-order valence-electron chi connectivity index (χ3n) is 3.60. The summed E-state index contributed by atoms with van der Waals surface area (Å²) in [5.41, 5.74) is 0.571. The van der Waals surface area contributed by atoms with Crippen LogP contribution in [0.15, 0.2) is 18.2 Å². The molecule has 1 aromatic rings. The monoisotopic (exact) mass is 389 g/mol. The summed E-state index contributed by atoms with van der Waals surface area (Å²) in [5, 5.41) is 0.140. The minimum Gasteiger partial charge on any atom is -0.450 e. The molecule has 1 saturated heterocycles. The molecule has 1 N–H and O–H groups in total. The van der Waals surface area contributed by atoms with Crippen LogP contribution in [0.1, 0.15) is 17.3 Å². The number of carbonyl (C=O) groups is 2. The Morgan fingerprint density at radius 2 is 1.80 bits per heavy atom. The minimum atomic E-state index is -3.45. The van der Waals surface area contributed by atoms with Crippen LogP contribution in [-0.4, -0.2) is 69.3 Å². The van der Waals surface area contributed by atoms with E-state index in [0.717, 1.165) is 6.26 Å². The molecule has 8 nitrogen and oxygen atoms in total. The predicted octanol–water partition coefficient (Wildman–Crippen LogP) is 1.63. The van der Waals surface area contributed by atoms with Crippen molar-refractivity contribution in [2.45, 2.75) is 6.92 Å². The van der Waals surface area contributed by atoms with Gasteiger partial charge in [0.15, 0.2) is 0 Å². The SMILES string of the molecule is CCOC(=O)N1CCN(C(=O)c2ccc(NS(C)(=O)=O)c(Cl)c2)CC1. The van der Waals surface area contributed by atoms with Gasteiger partial charge in [0.05, 0.1) is 23.6 Å². The second-order valence-corrected chi connectivity index (χ2v) is 7.70. The van der Waals surface area contributed by atoms with E-state index in [1.165, 1.54) is 18.2 Å². The molecule has 0 atom stereocenters. The number of sulfonamides is 1. The molecule has 1 fully saturated rings. The van der Waals surface area contributed by atoms with Crippen LogP contribution in [0.25, 0.3) is 0 Å². The number of nitrogens with zero attached hydrogens (tertiary/aromatic N) is 2. The van der Waals surface area contributed by atoms with E-state index >= 15 is 0 Å². The third kappa shape index (κ3) is 5.23. The van der Waals surface area contributed by atoms with Crippen molar-refractivity contribution in [3.8, 4) is 0 Å². The maximum atomic E-state index is 12.5. The topological polar surface area (TPSA) is 96.0 Å². The Hall–Kier alpha value is -2.00. The van der Waals surface area contributed by atoms with Crippen LogP contribution in [-0.2, 0) is 14.8 Å². The number of carbonyl (C=O) groups excluding carboxylic acids is 2. The van der Waals surface area contributed by atoms with Gasteiger partial charge in [0.2, 0.25) is 10.0 Å². The van der Waals surface area contributed by atoms with Crippen LogP contribution in [0.4, 0.5) is 10.5 Å². The van der Waals surface area contributed by atoms with Gasteiger partial charge in [0, 0.05) is 31.7 Å². The van der Waals surface area contributed by atoms with Crippen molar-refractivity contribution in [3.05, 3.63) is 28.8 Å². The molecule has 25 heavy (non-hydrogen) atoms. The minimum absolute atomic E-state index is 0.140.